The van der Waals surface area contributed by atoms with Gasteiger partial charge in [0.1, 0.15) is 0 Å². The Morgan fingerprint density at radius 2 is 1.80 bits per heavy atom. The fourth-order valence-corrected chi connectivity index (χ4v) is 5.61. The van der Waals surface area contributed by atoms with Gasteiger partial charge < -0.3 is 4.57 Å². The molecule has 0 fully saturated rings. The van der Waals surface area contributed by atoms with Crippen LogP contribution in [-0.4, -0.2) is 35.3 Å². The Morgan fingerprint density at radius 1 is 1.10 bits per heavy atom. The number of fused-ring (bicyclic) bond motifs is 1. The molecule has 0 saturated carbocycles. The van der Waals surface area contributed by atoms with Crippen molar-refractivity contribution in [2.75, 3.05) is 13.1 Å². The number of para-hydroxylation sites is 1. The summed E-state index contributed by atoms with van der Waals surface area (Å²) in [5.41, 5.74) is 4.61. The van der Waals surface area contributed by atoms with Crippen LogP contribution in [-0.2, 0) is 16.6 Å². The maximum Gasteiger partial charge on any atom is 0.269 e. The standard InChI is InChI=1S/C22H23N3O4S/c1-3-24-16(2)22(20-6-4-5-7-21(20)24)17-12-14-23(15-13-17)30(28,29)19-10-8-18(9-11-19)25(26)27/h4-12H,3,13-15H2,1-2H3. The lowest BCUT2D eigenvalue weighted by Gasteiger charge is -2.26. The van der Waals surface area contributed by atoms with E-state index in [1.807, 2.05) is 18.2 Å². The molecule has 8 heteroatoms. The quantitative estimate of drug-likeness (QED) is 0.449. The van der Waals surface area contributed by atoms with Crippen LogP contribution in [0.15, 0.2) is 59.5 Å². The van der Waals surface area contributed by atoms with E-state index in [1.165, 1.54) is 50.7 Å². The predicted octanol–water partition coefficient (Wildman–Crippen LogP) is 4.36. The Labute approximate surface area is 175 Å². The van der Waals surface area contributed by atoms with Crippen molar-refractivity contribution in [1.29, 1.82) is 0 Å². The smallest absolute Gasteiger partial charge is 0.269 e. The molecule has 0 unspecified atom stereocenters. The molecule has 30 heavy (non-hydrogen) atoms. The second kappa shape index (κ2) is 7.70. The average Bonchev–Trinajstić information content (AvgIpc) is 3.04. The van der Waals surface area contributed by atoms with Crippen molar-refractivity contribution in [2.24, 2.45) is 0 Å². The molecule has 0 amide bonds. The van der Waals surface area contributed by atoms with Gasteiger partial charge in [-0.25, -0.2) is 8.42 Å². The van der Waals surface area contributed by atoms with Crippen LogP contribution in [0.5, 0.6) is 0 Å². The summed E-state index contributed by atoms with van der Waals surface area (Å²) in [4.78, 5) is 10.3. The van der Waals surface area contributed by atoms with E-state index in [0.717, 1.165) is 12.1 Å². The maximum atomic E-state index is 13.0. The SMILES string of the molecule is CCn1c(C)c(C2=CCN(S(=O)(=O)c3ccc([N+](=O)[O-])cc3)CC2)c2ccccc21. The Bertz CT molecular complexity index is 1260. The van der Waals surface area contributed by atoms with Gasteiger partial charge in [0.15, 0.2) is 0 Å². The number of aromatic nitrogens is 1. The number of nitrogens with zero attached hydrogens (tertiary/aromatic N) is 3. The molecule has 2 aromatic carbocycles. The summed E-state index contributed by atoms with van der Waals surface area (Å²) in [6.45, 7) is 5.76. The summed E-state index contributed by atoms with van der Waals surface area (Å²) in [5.74, 6) is 0. The van der Waals surface area contributed by atoms with Crippen molar-refractivity contribution in [3.8, 4) is 0 Å². The van der Waals surface area contributed by atoms with Gasteiger partial charge in [0, 0.05) is 53.9 Å². The van der Waals surface area contributed by atoms with Crippen molar-refractivity contribution in [1.82, 2.24) is 8.87 Å². The van der Waals surface area contributed by atoms with E-state index >= 15 is 0 Å². The molecule has 7 nitrogen and oxygen atoms in total. The molecule has 0 spiro atoms. The molecule has 0 N–H and O–H groups in total. The molecule has 4 rings (SSSR count). The number of hydrogen-bond acceptors (Lipinski definition) is 4. The second-order valence-corrected chi connectivity index (χ2v) is 9.25. The highest BCUT2D eigenvalue weighted by molar-refractivity contribution is 7.89. The first-order valence-electron chi connectivity index (χ1n) is 9.86. The molecule has 0 bridgehead atoms. The molecular weight excluding hydrogens is 402 g/mol. The normalized spacial score (nSPS) is 15.3. The Hall–Kier alpha value is -2.97. The Morgan fingerprint density at radius 3 is 2.40 bits per heavy atom. The average molecular weight is 426 g/mol. The zero-order valence-electron chi connectivity index (χ0n) is 16.9. The van der Waals surface area contributed by atoms with Gasteiger partial charge in [0.05, 0.1) is 9.82 Å². The molecule has 1 aromatic heterocycles. The van der Waals surface area contributed by atoms with Crippen LogP contribution >= 0.6 is 0 Å². The number of sulfonamides is 1. The molecule has 0 aliphatic carbocycles. The van der Waals surface area contributed by atoms with Crippen molar-refractivity contribution in [3.05, 3.63) is 76.0 Å². The third kappa shape index (κ3) is 3.32. The van der Waals surface area contributed by atoms with Crippen LogP contribution < -0.4 is 0 Å². The number of non-ortho nitro benzene ring substituents is 1. The van der Waals surface area contributed by atoms with E-state index in [4.69, 9.17) is 0 Å². The summed E-state index contributed by atoms with van der Waals surface area (Å²) in [6, 6.07) is 13.3. The zero-order valence-corrected chi connectivity index (χ0v) is 17.7. The summed E-state index contributed by atoms with van der Waals surface area (Å²) >= 11 is 0. The maximum absolute atomic E-state index is 13.0. The van der Waals surface area contributed by atoms with Crippen molar-refractivity contribution < 1.29 is 13.3 Å². The van der Waals surface area contributed by atoms with Gasteiger partial charge in [-0.15, -0.1) is 0 Å². The minimum absolute atomic E-state index is 0.0729. The van der Waals surface area contributed by atoms with Crippen LogP contribution in [0.1, 0.15) is 24.6 Å². The Kier molecular flexibility index (Phi) is 5.21. The summed E-state index contributed by atoms with van der Waals surface area (Å²) < 4.78 is 29.6. The monoisotopic (exact) mass is 425 g/mol. The molecule has 1 aliphatic rings. The second-order valence-electron chi connectivity index (χ2n) is 7.32. The Balaban J connectivity index is 1.64. The highest BCUT2D eigenvalue weighted by Crippen LogP contribution is 2.35. The van der Waals surface area contributed by atoms with Crippen LogP contribution in [0.4, 0.5) is 5.69 Å². The van der Waals surface area contributed by atoms with Crippen LogP contribution in [0.3, 0.4) is 0 Å². The summed E-state index contributed by atoms with van der Waals surface area (Å²) in [7, 11) is -3.70. The topological polar surface area (TPSA) is 85.5 Å². The lowest BCUT2D eigenvalue weighted by Crippen LogP contribution is -2.34. The van der Waals surface area contributed by atoms with Gasteiger partial charge in [-0.05, 0) is 44.0 Å². The fraction of sp³-hybridized carbons (Fsp3) is 0.273. The minimum Gasteiger partial charge on any atom is -0.345 e. The van der Waals surface area contributed by atoms with E-state index in [1.54, 1.807) is 0 Å². The third-order valence-electron chi connectivity index (χ3n) is 5.73. The number of nitro groups is 1. The van der Waals surface area contributed by atoms with Crippen LogP contribution in [0, 0.1) is 17.0 Å². The zero-order chi connectivity index (χ0) is 21.5. The molecule has 3 aromatic rings. The van der Waals surface area contributed by atoms with Crippen molar-refractivity contribution >= 4 is 32.2 Å². The highest BCUT2D eigenvalue weighted by Gasteiger charge is 2.28. The lowest BCUT2D eigenvalue weighted by molar-refractivity contribution is -0.384. The fourth-order valence-electron chi connectivity index (χ4n) is 4.23. The molecule has 0 atom stereocenters. The highest BCUT2D eigenvalue weighted by atomic mass is 32.2. The molecule has 1 aliphatic heterocycles. The first-order valence-corrected chi connectivity index (χ1v) is 11.3. The number of hydrogen-bond donors (Lipinski definition) is 0. The van der Waals surface area contributed by atoms with E-state index in [2.05, 4.69) is 30.5 Å². The molecular formula is C22H23N3O4S. The molecule has 0 radical (unpaired) electrons. The molecule has 0 saturated heterocycles. The largest absolute Gasteiger partial charge is 0.345 e. The third-order valence-corrected chi connectivity index (χ3v) is 7.60. The number of rotatable bonds is 5. The van der Waals surface area contributed by atoms with Crippen LogP contribution in [0.25, 0.3) is 16.5 Å². The van der Waals surface area contributed by atoms with Gasteiger partial charge in [-0.2, -0.15) is 4.31 Å². The molecule has 2 heterocycles. The number of benzene rings is 2. The van der Waals surface area contributed by atoms with Crippen molar-refractivity contribution in [2.45, 2.75) is 31.7 Å². The number of aryl methyl sites for hydroxylation is 1. The van der Waals surface area contributed by atoms with Gasteiger partial charge >= 0.3 is 0 Å². The molecule has 156 valence electrons. The first kappa shape index (κ1) is 20.3. The minimum atomic E-state index is -3.70. The predicted molar refractivity (Wildman–Crippen MR) is 117 cm³/mol. The summed E-state index contributed by atoms with van der Waals surface area (Å²) in [6.07, 6.45) is 2.60. The lowest BCUT2D eigenvalue weighted by atomic mass is 9.97. The van der Waals surface area contributed by atoms with Gasteiger partial charge in [0.25, 0.3) is 5.69 Å². The van der Waals surface area contributed by atoms with E-state index in [-0.39, 0.29) is 17.1 Å². The summed E-state index contributed by atoms with van der Waals surface area (Å²) in [5, 5.41) is 12.0. The van der Waals surface area contributed by atoms with E-state index in [9.17, 15) is 18.5 Å². The number of nitro benzene ring substituents is 1. The van der Waals surface area contributed by atoms with E-state index in [0.29, 0.717) is 13.0 Å². The van der Waals surface area contributed by atoms with Crippen molar-refractivity contribution in [3.63, 3.8) is 0 Å². The van der Waals surface area contributed by atoms with Crippen LogP contribution in [0.2, 0.25) is 0 Å². The van der Waals surface area contributed by atoms with Gasteiger partial charge in [-0.3, -0.25) is 10.1 Å². The van der Waals surface area contributed by atoms with Gasteiger partial charge in [0.2, 0.25) is 10.0 Å². The van der Waals surface area contributed by atoms with Gasteiger partial charge in [-0.1, -0.05) is 24.3 Å². The first-order chi connectivity index (χ1) is 14.3. The van der Waals surface area contributed by atoms with E-state index < -0.39 is 14.9 Å².